The molecule has 0 saturated heterocycles. The molecule has 1 heterocycles. The zero-order valence-electron chi connectivity index (χ0n) is 27.3. The van der Waals surface area contributed by atoms with Crippen molar-refractivity contribution in [2.75, 3.05) is 5.75 Å². The minimum Gasteiger partial charge on any atom is -0.430 e. The van der Waals surface area contributed by atoms with E-state index >= 15 is 0 Å². The Morgan fingerprint density at radius 2 is 1.35 bits per heavy atom. The topological polar surface area (TPSA) is 99.5 Å². The molecular formula is C38H40ClN3O5S. The second kappa shape index (κ2) is 15.2. The van der Waals surface area contributed by atoms with Crippen LogP contribution in [0.25, 0.3) is 0 Å². The number of hydrogen-bond acceptors (Lipinski definition) is 6. The quantitative estimate of drug-likeness (QED) is 0.101. The van der Waals surface area contributed by atoms with Gasteiger partial charge in [-0.3, -0.25) is 0 Å². The number of nitrogens with one attached hydrogen (secondary N) is 1. The van der Waals surface area contributed by atoms with Crippen LogP contribution in [0.5, 0.6) is 0 Å². The van der Waals surface area contributed by atoms with Crippen LogP contribution in [-0.4, -0.2) is 41.6 Å². The summed E-state index contributed by atoms with van der Waals surface area (Å²) in [7, 11) is -3.85. The molecule has 0 aliphatic rings. The number of carbonyl (C=O) groups excluding carboxylic acids is 1. The van der Waals surface area contributed by atoms with E-state index in [1.807, 2.05) is 60.8 Å². The highest BCUT2D eigenvalue weighted by Crippen LogP contribution is 2.40. The van der Waals surface area contributed by atoms with Crippen molar-refractivity contribution < 1.29 is 22.7 Å². The van der Waals surface area contributed by atoms with E-state index in [0.29, 0.717) is 17.1 Å². The second-order valence-electron chi connectivity index (χ2n) is 12.6. The highest BCUT2D eigenvalue weighted by Gasteiger charge is 2.38. The van der Waals surface area contributed by atoms with E-state index in [1.165, 1.54) is 0 Å². The molecule has 1 N–H and O–H groups in total. The minimum atomic E-state index is -3.85. The molecule has 0 radical (unpaired) electrons. The van der Waals surface area contributed by atoms with Crippen LogP contribution >= 0.6 is 11.6 Å². The molecule has 0 fully saturated rings. The molecule has 4 aromatic carbocycles. The molecule has 0 bridgehead atoms. The second-order valence-corrected chi connectivity index (χ2v) is 14.8. The normalized spacial score (nSPS) is 12.8. The third-order valence-electron chi connectivity index (χ3n) is 7.79. The molecule has 8 nitrogen and oxygen atoms in total. The van der Waals surface area contributed by atoms with Gasteiger partial charge in [0.2, 0.25) is 10.0 Å². The summed E-state index contributed by atoms with van der Waals surface area (Å²) in [6.45, 7) is 5.24. The van der Waals surface area contributed by atoms with Crippen molar-refractivity contribution in [3.8, 4) is 0 Å². The number of carbonyl (C=O) groups is 1. The Morgan fingerprint density at radius 3 is 1.85 bits per heavy atom. The predicted octanol–water partition coefficient (Wildman–Crippen LogP) is 7.75. The molecular weight excluding hydrogens is 646 g/mol. The molecule has 0 amide bonds. The Bertz CT molecular complexity index is 1780. The van der Waals surface area contributed by atoms with Crippen molar-refractivity contribution in [3.05, 3.63) is 161 Å². The van der Waals surface area contributed by atoms with Gasteiger partial charge in [-0.15, -0.1) is 0 Å². The molecule has 10 heteroatoms. The van der Waals surface area contributed by atoms with Crippen molar-refractivity contribution in [1.82, 2.24) is 14.3 Å². The maximum atomic E-state index is 13.2. The van der Waals surface area contributed by atoms with Crippen LogP contribution in [0.15, 0.2) is 128 Å². The SMILES string of the molecule is CC(C)(C)OC(=O)OC(CCc1cn(C(c2ccccc2)(c2ccccc2)c2ccccc2)cn1)CS(=O)(=O)NCc1ccc(Cl)cc1. The first kappa shape index (κ1) is 34.9. The van der Waals surface area contributed by atoms with Crippen LogP contribution in [0.1, 0.15) is 55.1 Å². The molecule has 0 aliphatic heterocycles. The standard InChI is InChI=1S/C38H40ClN3O5S/c1-37(2,3)47-36(43)46-35(27-48(44,45)41-25-29-19-21-33(39)22-20-29)24-23-34-26-42(28-40-34)38(30-13-7-4-8-14-30,31-15-9-5-10-16-31)32-17-11-6-12-18-32/h4-22,26,28,35,41H,23-25,27H2,1-3H3. The Hall–Kier alpha value is -4.44. The maximum absolute atomic E-state index is 13.2. The van der Waals surface area contributed by atoms with Crippen molar-refractivity contribution in [1.29, 1.82) is 0 Å². The number of hydrogen-bond donors (Lipinski definition) is 1. The van der Waals surface area contributed by atoms with Crippen molar-refractivity contribution in [3.63, 3.8) is 0 Å². The Labute approximate surface area is 287 Å². The van der Waals surface area contributed by atoms with Gasteiger partial charge < -0.3 is 14.0 Å². The van der Waals surface area contributed by atoms with Gasteiger partial charge in [0.05, 0.1) is 12.0 Å². The van der Waals surface area contributed by atoms with Crippen LogP contribution < -0.4 is 4.72 Å². The summed E-state index contributed by atoms with van der Waals surface area (Å²) in [5, 5.41) is 0.559. The fourth-order valence-corrected chi connectivity index (χ4v) is 7.01. The van der Waals surface area contributed by atoms with Crippen LogP contribution in [0.3, 0.4) is 0 Å². The lowest BCUT2D eigenvalue weighted by molar-refractivity contribution is -0.0239. The molecule has 5 aromatic rings. The maximum Gasteiger partial charge on any atom is 0.509 e. The van der Waals surface area contributed by atoms with Gasteiger partial charge in [-0.1, -0.05) is 115 Å². The largest absolute Gasteiger partial charge is 0.509 e. The van der Waals surface area contributed by atoms with E-state index in [1.54, 1.807) is 51.4 Å². The van der Waals surface area contributed by atoms with Crippen LogP contribution in [0.2, 0.25) is 5.02 Å². The molecule has 1 atom stereocenters. The van der Waals surface area contributed by atoms with Crippen LogP contribution in [0, 0.1) is 0 Å². The number of nitrogens with zero attached hydrogens (tertiary/aromatic N) is 2. The molecule has 48 heavy (non-hydrogen) atoms. The van der Waals surface area contributed by atoms with Crippen molar-refractivity contribution in [2.45, 2.75) is 57.4 Å². The number of aromatic nitrogens is 2. The summed E-state index contributed by atoms with van der Waals surface area (Å²) in [4.78, 5) is 17.5. The molecule has 250 valence electrons. The first-order valence-corrected chi connectivity index (χ1v) is 17.8. The third kappa shape index (κ3) is 8.92. The van der Waals surface area contributed by atoms with Gasteiger partial charge in [-0.2, -0.15) is 0 Å². The lowest BCUT2D eigenvalue weighted by Crippen LogP contribution is -2.37. The smallest absolute Gasteiger partial charge is 0.430 e. The van der Waals surface area contributed by atoms with E-state index in [-0.39, 0.29) is 13.0 Å². The number of halogens is 1. The van der Waals surface area contributed by atoms with E-state index in [4.69, 9.17) is 26.1 Å². The number of benzene rings is 4. The Kier molecular flexibility index (Phi) is 11.0. The lowest BCUT2D eigenvalue weighted by Gasteiger charge is -2.37. The van der Waals surface area contributed by atoms with Gasteiger partial charge in [0.15, 0.2) is 0 Å². The van der Waals surface area contributed by atoms with Gasteiger partial charge in [0, 0.05) is 17.8 Å². The molecule has 0 saturated carbocycles. The number of imidazole rings is 1. The average Bonchev–Trinajstić information content (AvgIpc) is 3.53. The van der Waals surface area contributed by atoms with Crippen LogP contribution in [0.4, 0.5) is 4.79 Å². The van der Waals surface area contributed by atoms with E-state index in [2.05, 4.69) is 45.7 Å². The highest BCUT2D eigenvalue weighted by atomic mass is 35.5. The summed E-state index contributed by atoms with van der Waals surface area (Å²) >= 11 is 5.96. The first-order valence-electron chi connectivity index (χ1n) is 15.8. The van der Waals surface area contributed by atoms with Gasteiger partial charge in [0.1, 0.15) is 23.0 Å². The zero-order valence-corrected chi connectivity index (χ0v) is 28.8. The zero-order chi connectivity index (χ0) is 34.2. The van der Waals surface area contributed by atoms with E-state index in [0.717, 1.165) is 22.3 Å². The van der Waals surface area contributed by atoms with Gasteiger partial charge >= 0.3 is 6.16 Å². The number of ether oxygens (including phenoxy) is 2. The third-order valence-corrected chi connectivity index (χ3v) is 9.43. The first-order chi connectivity index (χ1) is 22.9. The monoisotopic (exact) mass is 685 g/mol. The lowest BCUT2D eigenvalue weighted by atomic mass is 9.77. The number of aryl methyl sites for hydroxylation is 1. The summed E-state index contributed by atoms with van der Waals surface area (Å²) in [6.07, 6.45) is 2.41. The summed E-state index contributed by atoms with van der Waals surface area (Å²) < 4.78 is 42.0. The molecule has 0 spiro atoms. The van der Waals surface area contributed by atoms with Crippen molar-refractivity contribution >= 4 is 27.8 Å². The van der Waals surface area contributed by atoms with Crippen LogP contribution in [-0.2, 0) is 38.0 Å². The Morgan fingerprint density at radius 1 is 0.833 bits per heavy atom. The van der Waals surface area contributed by atoms with E-state index < -0.39 is 39.2 Å². The fourth-order valence-electron chi connectivity index (χ4n) is 5.66. The molecule has 0 aliphatic carbocycles. The number of rotatable bonds is 13. The fraction of sp³-hybridized carbons (Fsp3) is 0.263. The van der Waals surface area contributed by atoms with Gasteiger partial charge in [-0.05, 0) is 68.0 Å². The summed E-state index contributed by atoms with van der Waals surface area (Å²) in [5.74, 6) is -0.442. The molecule has 1 unspecified atom stereocenters. The van der Waals surface area contributed by atoms with Crippen molar-refractivity contribution in [2.24, 2.45) is 0 Å². The van der Waals surface area contributed by atoms with Gasteiger partial charge in [0.25, 0.3) is 0 Å². The average molecular weight is 686 g/mol. The summed E-state index contributed by atoms with van der Waals surface area (Å²) in [6, 6.07) is 37.6. The van der Waals surface area contributed by atoms with Gasteiger partial charge in [-0.25, -0.2) is 22.9 Å². The Balaban J connectivity index is 1.42. The minimum absolute atomic E-state index is 0.0730. The van der Waals surface area contributed by atoms with E-state index in [9.17, 15) is 13.2 Å². The molecule has 5 rings (SSSR count). The molecule has 1 aromatic heterocycles. The summed E-state index contributed by atoms with van der Waals surface area (Å²) in [5.41, 5.74) is 3.07. The predicted molar refractivity (Wildman–Crippen MR) is 188 cm³/mol. The number of sulfonamides is 1. The highest BCUT2D eigenvalue weighted by molar-refractivity contribution is 7.89.